The van der Waals surface area contributed by atoms with Gasteiger partial charge in [0.25, 0.3) is 0 Å². The largest absolute Gasteiger partial charge is 0.489 e. The fourth-order valence-corrected chi connectivity index (χ4v) is 2.82. The highest BCUT2D eigenvalue weighted by molar-refractivity contribution is 6.30. The van der Waals surface area contributed by atoms with Gasteiger partial charge in [-0.3, -0.25) is 4.40 Å². The number of ether oxygens (including phenoxy) is 1. The maximum atomic E-state index is 5.90. The van der Waals surface area contributed by atoms with Crippen LogP contribution in [0.15, 0.2) is 53.7 Å². The van der Waals surface area contributed by atoms with Gasteiger partial charge in [0, 0.05) is 30.7 Å². The van der Waals surface area contributed by atoms with Crippen LogP contribution in [0.1, 0.15) is 19.7 Å². The molecule has 1 unspecified atom stereocenters. The topological polar surface area (TPSA) is 75.8 Å². The molecule has 0 saturated heterocycles. The molecule has 2 heterocycles. The van der Waals surface area contributed by atoms with Gasteiger partial charge >= 0.3 is 0 Å². The molecule has 0 saturated carbocycles. The van der Waals surface area contributed by atoms with Crippen molar-refractivity contribution >= 4 is 23.2 Å². The van der Waals surface area contributed by atoms with E-state index in [2.05, 4.69) is 25.8 Å². The molecule has 2 aromatic heterocycles. The van der Waals surface area contributed by atoms with Gasteiger partial charge in [0.1, 0.15) is 17.7 Å². The molecule has 0 aliphatic heterocycles. The second kappa shape index (κ2) is 9.94. The van der Waals surface area contributed by atoms with Crippen molar-refractivity contribution in [2.75, 3.05) is 19.6 Å². The van der Waals surface area contributed by atoms with Gasteiger partial charge in [-0.25, -0.2) is 4.99 Å². The van der Waals surface area contributed by atoms with Gasteiger partial charge in [0.15, 0.2) is 11.6 Å². The number of fused-ring (bicyclic) bond motifs is 1. The first-order valence-electron chi connectivity index (χ1n) is 9.38. The third-order valence-electron chi connectivity index (χ3n) is 4.03. The molecule has 0 spiro atoms. The number of guanidine groups is 1. The van der Waals surface area contributed by atoms with E-state index >= 15 is 0 Å². The Bertz CT molecular complexity index is 908. The molecule has 8 heteroatoms. The molecule has 0 amide bonds. The minimum atomic E-state index is -0.0583. The zero-order chi connectivity index (χ0) is 19.8. The third kappa shape index (κ3) is 5.60. The lowest BCUT2D eigenvalue weighted by Gasteiger charge is -2.15. The first kappa shape index (κ1) is 19.9. The first-order valence-corrected chi connectivity index (χ1v) is 9.76. The Labute approximate surface area is 169 Å². The molecule has 0 fully saturated rings. The zero-order valence-corrected chi connectivity index (χ0v) is 16.9. The molecule has 7 nitrogen and oxygen atoms in total. The lowest BCUT2D eigenvalue weighted by Crippen LogP contribution is -2.39. The summed E-state index contributed by atoms with van der Waals surface area (Å²) in [5.41, 5.74) is 0.853. The van der Waals surface area contributed by atoms with E-state index in [1.807, 2.05) is 66.9 Å². The Kier molecular flexibility index (Phi) is 7.08. The van der Waals surface area contributed by atoms with E-state index in [0.29, 0.717) is 18.1 Å². The summed E-state index contributed by atoms with van der Waals surface area (Å²) in [4.78, 5) is 4.61. The van der Waals surface area contributed by atoms with E-state index in [1.54, 1.807) is 0 Å². The predicted octanol–water partition coefficient (Wildman–Crippen LogP) is 2.95. The summed E-state index contributed by atoms with van der Waals surface area (Å²) < 4.78 is 7.86. The van der Waals surface area contributed by atoms with Crippen LogP contribution >= 0.6 is 11.6 Å². The highest BCUT2D eigenvalue weighted by Gasteiger charge is 2.07. The minimum Gasteiger partial charge on any atom is -0.489 e. The Balaban J connectivity index is 1.51. The third-order valence-corrected chi connectivity index (χ3v) is 4.28. The van der Waals surface area contributed by atoms with E-state index in [9.17, 15) is 0 Å². The van der Waals surface area contributed by atoms with Crippen LogP contribution in [0.4, 0.5) is 0 Å². The summed E-state index contributed by atoms with van der Waals surface area (Å²) in [6, 6.07) is 13.2. The van der Waals surface area contributed by atoms with Gasteiger partial charge in [-0.2, -0.15) is 0 Å². The van der Waals surface area contributed by atoms with Gasteiger partial charge in [0.2, 0.25) is 0 Å². The molecule has 0 aliphatic carbocycles. The summed E-state index contributed by atoms with van der Waals surface area (Å²) >= 11 is 5.90. The molecule has 1 atom stereocenters. The van der Waals surface area contributed by atoms with Crippen molar-refractivity contribution in [3.05, 3.63) is 59.5 Å². The maximum absolute atomic E-state index is 5.90. The zero-order valence-electron chi connectivity index (χ0n) is 16.1. The van der Waals surface area contributed by atoms with Crippen LogP contribution < -0.4 is 15.4 Å². The molecule has 0 bridgehead atoms. The van der Waals surface area contributed by atoms with E-state index < -0.39 is 0 Å². The normalized spacial score (nSPS) is 12.8. The number of nitrogens with one attached hydrogen (secondary N) is 2. The van der Waals surface area contributed by atoms with E-state index in [-0.39, 0.29) is 6.10 Å². The molecule has 3 rings (SSSR count). The molecular formula is C20H25ClN6O. The Hall–Kier alpha value is -2.80. The van der Waals surface area contributed by atoms with Crippen molar-refractivity contribution in [2.45, 2.75) is 26.4 Å². The Morgan fingerprint density at radius 3 is 2.79 bits per heavy atom. The summed E-state index contributed by atoms with van der Waals surface area (Å²) in [5, 5.41) is 15.7. The van der Waals surface area contributed by atoms with Crippen LogP contribution in [0.3, 0.4) is 0 Å². The number of rotatable bonds is 8. The van der Waals surface area contributed by atoms with E-state index in [4.69, 9.17) is 16.3 Å². The summed E-state index contributed by atoms with van der Waals surface area (Å²) in [5.74, 6) is 2.45. The molecule has 148 valence electrons. The lowest BCUT2D eigenvalue weighted by molar-refractivity contribution is 0.230. The van der Waals surface area contributed by atoms with Crippen molar-refractivity contribution in [1.29, 1.82) is 0 Å². The van der Waals surface area contributed by atoms with Crippen LogP contribution in [-0.2, 0) is 6.42 Å². The molecule has 1 aromatic carbocycles. The van der Waals surface area contributed by atoms with Crippen molar-refractivity contribution < 1.29 is 4.74 Å². The number of benzene rings is 1. The first-order chi connectivity index (χ1) is 13.7. The van der Waals surface area contributed by atoms with Crippen LogP contribution in [-0.4, -0.2) is 46.3 Å². The quantitative estimate of drug-likeness (QED) is 0.449. The molecule has 0 radical (unpaired) electrons. The smallest absolute Gasteiger partial charge is 0.191 e. The highest BCUT2D eigenvalue weighted by Crippen LogP contribution is 2.16. The van der Waals surface area contributed by atoms with E-state index in [0.717, 1.165) is 36.1 Å². The molecule has 0 aliphatic rings. The number of aromatic nitrogens is 3. The summed E-state index contributed by atoms with van der Waals surface area (Å²) in [6.45, 7) is 6.05. The number of hydrogen-bond acceptors (Lipinski definition) is 4. The minimum absolute atomic E-state index is 0.0583. The second-order valence-corrected chi connectivity index (χ2v) is 6.76. The molecule has 28 heavy (non-hydrogen) atoms. The molecule has 2 N–H and O–H groups in total. The van der Waals surface area contributed by atoms with Gasteiger partial charge < -0.3 is 15.4 Å². The van der Waals surface area contributed by atoms with Crippen LogP contribution in [0.5, 0.6) is 5.75 Å². The van der Waals surface area contributed by atoms with Crippen molar-refractivity contribution in [3.63, 3.8) is 0 Å². The van der Waals surface area contributed by atoms with E-state index in [1.165, 1.54) is 0 Å². The predicted molar refractivity (Wildman–Crippen MR) is 112 cm³/mol. The Morgan fingerprint density at radius 2 is 2.00 bits per heavy atom. The Morgan fingerprint density at radius 1 is 1.18 bits per heavy atom. The average molecular weight is 401 g/mol. The summed E-state index contributed by atoms with van der Waals surface area (Å²) in [6.07, 6.45) is 2.66. The summed E-state index contributed by atoms with van der Waals surface area (Å²) in [7, 11) is 0. The number of hydrogen-bond donors (Lipinski definition) is 2. The van der Waals surface area contributed by atoms with Gasteiger partial charge in [-0.1, -0.05) is 17.7 Å². The maximum Gasteiger partial charge on any atom is 0.191 e. The fourth-order valence-electron chi connectivity index (χ4n) is 2.70. The SMILES string of the molecule is CCNC(=NCC(C)Oc1ccc(Cl)cc1)NCCc1nnc2ccccn12. The van der Waals surface area contributed by atoms with Gasteiger partial charge in [-0.15, -0.1) is 10.2 Å². The van der Waals surface area contributed by atoms with Crippen LogP contribution in [0.2, 0.25) is 5.02 Å². The lowest BCUT2D eigenvalue weighted by atomic mass is 10.3. The van der Waals surface area contributed by atoms with Crippen LogP contribution in [0, 0.1) is 0 Å². The highest BCUT2D eigenvalue weighted by atomic mass is 35.5. The molecular weight excluding hydrogens is 376 g/mol. The second-order valence-electron chi connectivity index (χ2n) is 6.32. The number of halogens is 1. The number of nitrogens with zero attached hydrogens (tertiary/aromatic N) is 4. The monoisotopic (exact) mass is 400 g/mol. The average Bonchev–Trinajstić information content (AvgIpc) is 3.11. The number of aliphatic imine (C=N–C) groups is 1. The van der Waals surface area contributed by atoms with Gasteiger partial charge in [-0.05, 0) is 50.2 Å². The van der Waals surface area contributed by atoms with Crippen molar-refractivity contribution in [3.8, 4) is 5.75 Å². The van der Waals surface area contributed by atoms with Crippen LogP contribution in [0.25, 0.3) is 5.65 Å². The van der Waals surface area contributed by atoms with Crippen molar-refractivity contribution in [1.82, 2.24) is 25.2 Å². The fraction of sp³-hybridized carbons (Fsp3) is 0.350. The van der Waals surface area contributed by atoms with Crippen molar-refractivity contribution in [2.24, 2.45) is 4.99 Å². The standard InChI is InChI=1S/C20H25ClN6O/c1-3-22-20(24-14-15(2)28-17-9-7-16(21)8-10-17)23-12-11-19-26-25-18-6-4-5-13-27(18)19/h4-10,13,15H,3,11-12,14H2,1-2H3,(H2,22,23,24). The molecule has 3 aromatic rings. The van der Waals surface area contributed by atoms with Gasteiger partial charge in [0.05, 0.1) is 6.54 Å². The number of pyridine rings is 1.